The van der Waals surface area contributed by atoms with Gasteiger partial charge in [-0.25, -0.2) is 13.1 Å². The molecule has 0 aromatic heterocycles. The van der Waals surface area contributed by atoms with Crippen LogP contribution in [0.3, 0.4) is 0 Å². The number of carbonyl (C=O) groups is 1. The van der Waals surface area contributed by atoms with Crippen LogP contribution in [-0.4, -0.2) is 42.7 Å². The van der Waals surface area contributed by atoms with Crippen LogP contribution in [-0.2, 0) is 16.6 Å². The first kappa shape index (κ1) is 21.8. The quantitative estimate of drug-likeness (QED) is 0.668. The summed E-state index contributed by atoms with van der Waals surface area (Å²) in [6.45, 7) is 0.134. The van der Waals surface area contributed by atoms with Crippen molar-refractivity contribution in [1.82, 2.24) is 10.0 Å². The highest BCUT2D eigenvalue weighted by Crippen LogP contribution is 2.38. The molecule has 2 rings (SSSR count). The van der Waals surface area contributed by atoms with Crippen LogP contribution in [0.1, 0.15) is 15.9 Å². The molecule has 1 amide bonds. The molecule has 0 aliphatic rings. The Bertz CT molecular complexity index is 953. The normalized spacial score (nSPS) is 11.0. The number of ether oxygens (including phenoxy) is 3. The van der Waals surface area contributed by atoms with Gasteiger partial charge in [-0.3, -0.25) is 4.79 Å². The lowest BCUT2D eigenvalue weighted by molar-refractivity contribution is 0.0950. The first-order valence-electron chi connectivity index (χ1n) is 8.07. The Kier molecular flexibility index (Phi) is 7.11. The van der Waals surface area contributed by atoms with Crippen molar-refractivity contribution < 1.29 is 27.4 Å². The maximum atomic E-state index is 12.5. The van der Waals surface area contributed by atoms with Gasteiger partial charge in [0.25, 0.3) is 5.91 Å². The maximum Gasteiger partial charge on any atom is 0.253 e. The van der Waals surface area contributed by atoms with Crippen molar-refractivity contribution in [3.05, 3.63) is 46.5 Å². The summed E-state index contributed by atoms with van der Waals surface area (Å²) >= 11 is 6.07. The van der Waals surface area contributed by atoms with Crippen molar-refractivity contribution >= 4 is 27.5 Å². The van der Waals surface area contributed by atoms with Gasteiger partial charge in [-0.15, -0.1) is 0 Å². The Morgan fingerprint density at radius 3 is 2.14 bits per heavy atom. The van der Waals surface area contributed by atoms with E-state index in [2.05, 4.69) is 10.0 Å². The van der Waals surface area contributed by atoms with E-state index in [1.165, 1.54) is 46.6 Å². The van der Waals surface area contributed by atoms with Crippen molar-refractivity contribution in [2.24, 2.45) is 0 Å². The van der Waals surface area contributed by atoms with Gasteiger partial charge < -0.3 is 19.5 Å². The fourth-order valence-electron chi connectivity index (χ4n) is 2.48. The number of hydrogen-bond donors (Lipinski definition) is 2. The SMILES string of the molecule is CNS(=O)(=O)c1ccc(Cl)c(C(=O)NCc2cc(OC)c(OC)c(OC)c2)c1. The highest BCUT2D eigenvalue weighted by molar-refractivity contribution is 7.89. The van der Waals surface area contributed by atoms with Gasteiger partial charge in [0.05, 0.1) is 36.8 Å². The third-order valence-electron chi connectivity index (χ3n) is 3.94. The molecule has 0 radical (unpaired) electrons. The summed E-state index contributed by atoms with van der Waals surface area (Å²) in [5.41, 5.74) is 0.739. The van der Waals surface area contributed by atoms with Crippen LogP contribution in [0.5, 0.6) is 17.2 Å². The molecule has 2 aromatic carbocycles. The van der Waals surface area contributed by atoms with Crippen LogP contribution in [0, 0.1) is 0 Å². The van der Waals surface area contributed by atoms with Gasteiger partial charge in [0.15, 0.2) is 11.5 Å². The lowest BCUT2D eigenvalue weighted by Gasteiger charge is -2.15. The molecule has 152 valence electrons. The molecule has 2 N–H and O–H groups in total. The molecular weight excluding hydrogens is 408 g/mol. The second-order valence-electron chi connectivity index (χ2n) is 5.57. The lowest BCUT2D eigenvalue weighted by atomic mass is 10.1. The molecule has 8 nitrogen and oxygen atoms in total. The van der Waals surface area contributed by atoms with Crippen LogP contribution >= 0.6 is 11.6 Å². The monoisotopic (exact) mass is 428 g/mol. The lowest BCUT2D eigenvalue weighted by Crippen LogP contribution is -2.24. The minimum absolute atomic E-state index is 0.0467. The van der Waals surface area contributed by atoms with Crippen molar-refractivity contribution in [2.75, 3.05) is 28.4 Å². The molecule has 0 unspecified atom stereocenters. The topological polar surface area (TPSA) is 103 Å². The molecule has 10 heteroatoms. The average molecular weight is 429 g/mol. The largest absolute Gasteiger partial charge is 0.493 e. The number of hydrogen-bond acceptors (Lipinski definition) is 6. The van der Waals surface area contributed by atoms with Crippen molar-refractivity contribution in [2.45, 2.75) is 11.4 Å². The Morgan fingerprint density at radius 1 is 1.04 bits per heavy atom. The van der Waals surface area contributed by atoms with Crippen LogP contribution < -0.4 is 24.2 Å². The number of methoxy groups -OCH3 is 3. The second-order valence-corrected chi connectivity index (χ2v) is 7.86. The predicted molar refractivity (Wildman–Crippen MR) is 105 cm³/mol. The summed E-state index contributed by atoms with van der Waals surface area (Å²) in [6, 6.07) is 7.30. The second kappa shape index (κ2) is 9.13. The molecule has 0 spiro atoms. The summed E-state index contributed by atoms with van der Waals surface area (Å²) in [4.78, 5) is 12.5. The zero-order valence-electron chi connectivity index (χ0n) is 15.8. The van der Waals surface area contributed by atoms with Crippen LogP contribution in [0.15, 0.2) is 35.2 Å². The molecule has 2 aromatic rings. The van der Waals surface area contributed by atoms with Gasteiger partial charge in [-0.05, 0) is 42.9 Å². The van der Waals surface area contributed by atoms with Crippen molar-refractivity contribution in [3.8, 4) is 17.2 Å². The Labute approximate surface area is 168 Å². The molecular formula is C18H21ClN2O6S. The zero-order valence-corrected chi connectivity index (χ0v) is 17.4. The highest BCUT2D eigenvalue weighted by atomic mass is 35.5. The Morgan fingerprint density at radius 2 is 1.64 bits per heavy atom. The summed E-state index contributed by atoms with van der Waals surface area (Å²) < 4.78 is 41.9. The molecule has 28 heavy (non-hydrogen) atoms. The van der Waals surface area contributed by atoms with Gasteiger partial charge in [-0.1, -0.05) is 11.6 Å². The smallest absolute Gasteiger partial charge is 0.253 e. The fraction of sp³-hybridized carbons (Fsp3) is 0.278. The minimum atomic E-state index is -3.70. The minimum Gasteiger partial charge on any atom is -0.493 e. The number of benzene rings is 2. The molecule has 0 fully saturated rings. The number of halogens is 1. The highest BCUT2D eigenvalue weighted by Gasteiger charge is 2.18. The van der Waals surface area contributed by atoms with E-state index in [0.29, 0.717) is 22.8 Å². The van der Waals surface area contributed by atoms with Gasteiger partial charge in [0.2, 0.25) is 15.8 Å². The van der Waals surface area contributed by atoms with E-state index >= 15 is 0 Å². The first-order chi connectivity index (χ1) is 13.3. The Hall–Kier alpha value is -2.49. The number of nitrogens with one attached hydrogen (secondary N) is 2. The number of carbonyl (C=O) groups excluding carboxylic acids is 1. The summed E-state index contributed by atoms with van der Waals surface area (Å²) in [5, 5.41) is 2.84. The number of sulfonamides is 1. The molecule has 0 saturated carbocycles. The van der Waals surface area contributed by atoms with E-state index < -0.39 is 15.9 Å². The molecule has 0 saturated heterocycles. The Balaban J connectivity index is 2.26. The van der Waals surface area contributed by atoms with E-state index in [0.717, 1.165) is 0 Å². The van der Waals surface area contributed by atoms with E-state index in [1.54, 1.807) is 12.1 Å². The molecule has 0 bridgehead atoms. The molecule has 0 heterocycles. The van der Waals surface area contributed by atoms with Crippen LogP contribution in [0.2, 0.25) is 5.02 Å². The van der Waals surface area contributed by atoms with Crippen LogP contribution in [0.25, 0.3) is 0 Å². The summed E-state index contributed by atoms with van der Waals surface area (Å²) in [5.74, 6) is 0.817. The predicted octanol–water partition coefficient (Wildman–Crippen LogP) is 2.20. The van der Waals surface area contributed by atoms with E-state index in [-0.39, 0.29) is 22.0 Å². The standard InChI is InChI=1S/C18H21ClN2O6S/c1-20-28(23,24)12-5-6-14(19)13(9-12)18(22)21-10-11-7-15(25-2)17(27-4)16(8-11)26-3/h5-9,20H,10H2,1-4H3,(H,21,22). The van der Waals surface area contributed by atoms with Gasteiger partial charge >= 0.3 is 0 Å². The van der Waals surface area contributed by atoms with Crippen molar-refractivity contribution in [3.63, 3.8) is 0 Å². The molecule has 0 aliphatic carbocycles. The van der Waals surface area contributed by atoms with Crippen molar-refractivity contribution in [1.29, 1.82) is 0 Å². The number of amides is 1. The van der Waals surface area contributed by atoms with Gasteiger partial charge in [-0.2, -0.15) is 0 Å². The molecule has 0 atom stereocenters. The van der Waals surface area contributed by atoms with Crippen LogP contribution in [0.4, 0.5) is 0 Å². The fourth-order valence-corrected chi connectivity index (χ4v) is 3.44. The molecule has 0 aliphatic heterocycles. The van der Waals surface area contributed by atoms with E-state index in [1.807, 2.05) is 0 Å². The van der Waals surface area contributed by atoms with E-state index in [4.69, 9.17) is 25.8 Å². The third-order valence-corrected chi connectivity index (χ3v) is 5.68. The summed E-state index contributed by atoms with van der Waals surface area (Å²) in [7, 11) is 2.07. The maximum absolute atomic E-state index is 12.5. The van der Waals surface area contributed by atoms with Gasteiger partial charge in [0.1, 0.15) is 0 Å². The summed E-state index contributed by atoms with van der Waals surface area (Å²) in [6.07, 6.45) is 0. The number of rotatable bonds is 8. The first-order valence-corrected chi connectivity index (χ1v) is 9.93. The average Bonchev–Trinajstić information content (AvgIpc) is 2.71. The zero-order chi connectivity index (χ0) is 20.9. The van der Waals surface area contributed by atoms with Gasteiger partial charge in [0, 0.05) is 6.54 Å². The van der Waals surface area contributed by atoms with E-state index in [9.17, 15) is 13.2 Å². The third kappa shape index (κ3) is 4.67.